The Labute approximate surface area is 132 Å². The molecule has 1 aliphatic rings. The third kappa shape index (κ3) is 6.21. The first-order valence-corrected chi connectivity index (χ1v) is 4.89. The smallest absolute Gasteiger partial charge is 0.358 e. The summed E-state index contributed by atoms with van der Waals surface area (Å²) in [5.41, 5.74) is 5.85. The topological polar surface area (TPSA) is 29.3 Å². The zero-order valence-electron chi connectivity index (χ0n) is 10.3. The fourth-order valence-corrected chi connectivity index (χ4v) is 1.80. The van der Waals surface area contributed by atoms with Crippen LogP contribution in [0.3, 0.4) is 0 Å². The van der Waals surface area contributed by atoms with E-state index >= 15 is 0 Å². The van der Waals surface area contributed by atoms with Gasteiger partial charge in [0.15, 0.2) is 0 Å². The molecule has 80 valence electrons. The van der Waals surface area contributed by atoms with Gasteiger partial charge in [0.1, 0.15) is 0 Å². The van der Waals surface area contributed by atoms with E-state index in [2.05, 4.69) is 25.7 Å². The summed E-state index contributed by atoms with van der Waals surface area (Å²) in [6.07, 6.45) is 3.56. The number of nitrogens with two attached hydrogens (primary N) is 1. The molecule has 1 atom stereocenters. The minimum Gasteiger partial charge on any atom is -0.358 e. The third-order valence-electron chi connectivity index (χ3n) is 2.62. The minimum absolute atomic E-state index is 0. The Morgan fingerprint density at radius 2 is 1.93 bits per heavy atom. The van der Waals surface area contributed by atoms with Crippen molar-refractivity contribution in [1.29, 1.82) is 0 Å². The number of nitrogens with zero attached hydrogens (tertiary/aromatic N) is 1. The fraction of sp³-hybridized carbons (Fsp3) is 0.818. The normalized spacial score (nSPS) is 28.9. The van der Waals surface area contributed by atoms with Crippen molar-refractivity contribution in [1.82, 2.24) is 4.90 Å². The zero-order valence-corrected chi connectivity index (χ0v) is 13.5. The number of hydrogen-bond donors (Lipinski definition) is 1. The predicted octanol–water partition coefficient (Wildman–Crippen LogP) is -1.13. The SMILES string of the molecule is [CH2-]C1(N)CCCCN(C(C)C)C1.[CH3-].[K+]. The molecule has 0 aromatic rings. The van der Waals surface area contributed by atoms with Crippen molar-refractivity contribution in [2.45, 2.75) is 44.7 Å². The van der Waals surface area contributed by atoms with Crippen molar-refractivity contribution in [3.8, 4) is 0 Å². The van der Waals surface area contributed by atoms with Gasteiger partial charge in [0, 0.05) is 6.04 Å². The molecule has 0 spiro atoms. The molecule has 1 saturated heterocycles. The molecule has 2 N–H and O–H groups in total. The van der Waals surface area contributed by atoms with Crippen molar-refractivity contribution in [3.63, 3.8) is 0 Å². The zero-order chi connectivity index (χ0) is 9.19. The van der Waals surface area contributed by atoms with Crippen LogP contribution in [-0.4, -0.2) is 29.6 Å². The van der Waals surface area contributed by atoms with Crippen LogP contribution in [0.5, 0.6) is 0 Å². The van der Waals surface area contributed by atoms with Crippen LogP contribution in [0, 0.1) is 14.4 Å². The van der Waals surface area contributed by atoms with Gasteiger partial charge in [-0.15, -0.1) is 0 Å². The van der Waals surface area contributed by atoms with Gasteiger partial charge in [-0.1, -0.05) is 18.4 Å². The average molecular weight is 223 g/mol. The molecule has 1 aliphatic heterocycles. The molecule has 0 aliphatic carbocycles. The summed E-state index contributed by atoms with van der Waals surface area (Å²) in [5, 5.41) is 0. The molecule has 1 fully saturated rings. The molecule has 2 nitrogen and oxygen atoms in total. The summed E-state index contributed by atoms with van der Waals surface area (Å²) in [6, 6.07) is 0.604. The van der Waals surface area contributed by atoms with Crippen molar-refractivity contribution < 1.29 is 51.4 Å². The molecular weight excluding hydrogens is 199 g/mol. The molecule has 1 rings (SSSR count). The van der Waals surface area contributed by atoms with Crippen molar-refractivity contribution in [3.05, 3.63) is 14.4 Å². The van der Waals surface area contributed by atoms with Crippen molar-refractivity contribution in [2.24, 2.45) is 5.73 Å². The summed E-state index contributed by atoms with van der Waals surface area (Å²) in [7, 11) is 0. The maximum absolute atomic E-state index is 6.05. The standard InChI is InChI=1S/C10H21N2.CH3.K/c1-9(2)12-7-5-4-6-10(3,11)8-12;;/h9H,3-8,11H2,1-2H3;1H3;/q2*-1;+1. The summed E-state index contributed by atoms with van der Waals surface area (Å²) < 4.78 is 0. The number of rotatable bonds is 1. The molecule has 0 radical (unpaired) electrons. The van der Waals surface area contributed by atoms with Gasteiger partial charge in [0.25, 0.3) is 0 Å². The molecule has 0 amide bonds. The summed E-state index contributed by atoms with van der Waals surface area (Å²) in [6.45, 7) is 10.6. The van der Waals surface area contributed by atoms with Crippen LogP contribution >= 0.6 is 0 Å². The van der Waals surface area contributed by atoms with Crippen LogP contribution < -0.4 is 57.1 Å². The van der Waals surface area contributed by atoms with E-state index < -0.39 is 0 Å². The molecule has 3 heteroatoms. The van der Waals surface area contributed by atoms with Crippen molar-refractivity contribution in [2.75, 3.05) is 13.1 Å². The van der Waals surface area contributed by atoms with Crippen molar-refractivity contribution >= 4 is 0 Å². The van der Waals surface area contributed by atoms with Crippen LogP contribution in [-0.2, 0) is 0 Å². The quantitative estimate of drug-likeness (QED) is 0.450. The monoisotopic (exact) mass is 223 g/mol. The second-order valence-electron chi connectivity index (χ2n) is 4.38. The number of likely N-dealkylation sites (tertiary alicyclic amines) is 1. The Bertz CT molecular complexity index is 146. The van der Waals surface area contributed by atoms with Gasteiger partial charge in [-0.3, -0.25) is 0 Å². The Balaban J connectivity index is 0. The van der Waals surface area contributed by atoms with Crippen LogP contribution in [0.2, 0.25) is 0 Å². The third-order valence-corrected chi connectivity index (χ3v) is 2.62. The van der Waals surface area contributed by atoms with Gasteiger partial charge in [0.2, 0.25) is 0 Å². The van der Waals surface area contributed by atoms with Gasteiger partial charge in [-0.05, 0) is 33.4 Å². The van der Waals surface area contributed by atoms with Gasteiger partial charge < -0.3 is 25.0 Å². The molecular formula is C11H24KN2-. The molecule has 1 unspecified atom stereocenters. The van der Waals surface area contributed by atoms with E-state index in [0.717, 1.165) is 13.0 Å². The van der Waals surface area contributed by atoms with Gasteiger partial charge in [-0.2, -0.15) is 0 Å². The first kappa shape index (κ1) is 17.9. The number of hydrogen-bond acceptors (Lipinski definition) is 2. The summed E-state index contributed by atoms with van der Waals surface area (Å²) in [5.74, 6) is 0. The van der Waals surface area contributed by atoms with Gasteiger partial charge in [0.05, 0.1) is 0 Å². The molecule has 14 heavy (non-hydrogen) atoms. The van der Waals surface area contributed by atoms with E-state index in [9.17, 15) is 0 Å². The molecule has 0 aromatic carbocycles. The Hall–Kier alpha value is 1.56. The second kappa shape index (κ2) is 7.77. The summed E-state index contributed by atoms with van der Waals surface area (Å²) in [4.78, 5) is 2.43. The Morgan fingerprint density at radius 1 is 1.36 bits per heavy atom. The van der Waals surface area contributed by atoms with Crippen LogP contribution in [0.25, 0.3) is 0 Å². The summed E-state index contributed by atoms with van der Waals surface area (Å²) >= 11 is 0. The molecule has 1 heterocycles. The van der Waals surface area contributed by atoms with E-state index in [1.165, 1.54) is 19.4 Å². The van der Waals surface area contributed by atoms with Crippen LogP contribution in [0.15, 0.2) is 0 Å². The second-order valence-corrected chi connectivity index (χ2v) is 4.38. The van der Waals surface area contributed by atoms with Crippen LogP contribution in [0.1, 0.15) is 33.1 Å². The van der Waals surface area contributed by atoms with E-state index in [1.807, 2.05) is 0 Å². The van der Waals surface area contributed by atoms with E-state index in [1.54, 1.807) is 0 Å². The largest absolute Gasteiger partial charge is 1.00 e. The first-order chi connectivity index (χ1) is 5.51. The Kier molecular flexibility index (Phi) is 9.95. The molecule has 0 bridgehead atoms. The fourth-order valence-electron chi connectivity index (χ4n) is 1.80. The average Bonchev–Trinajstić information content (AvgIpc) is 2.10. The molecule has 0 saturated carbocycles. The van der Waals surface area contributed by atoms with Gasteiger partial charge in [-0.25, -0.2) is 0 Å². The predicted molar refractivity (Wildman–Crippen MR) is 59.2 cm³/mol. The molecule has 0 aromatic heterocycles. The van der Waals surface area contributed by atoms with Crippen LogP contribution in [0.4, 0.5) is 0 Å². The first-order valence-electron chi connectivity index (χ1n) is 4.89. The van der Waals surface area contributed by atoms with Gasteiger partial charge >= 0.3 is 51.4 Å². The minimum atomic E-state index is -0.208. The van der Waals surface area contributed by atoms with E-state index in [4.69, 9.17) is 5.73 Å². The van der Waals surface area contributed by atoms with E-state index in [-0.39, 0.29) is 64.4 Å². The maximum Gasteiger partial charge on any atom is 1.00 e. The van der Waals surface area contributed by atoms with E-state index in [0.29, 0.717) is 6.04 Å². The maximum atomic E-state index is 6.05. The Morgan fingerprint density at radius 3 is 2.43 bits per heavy atom.